The van der Waals surface area contributed by atoms with Crippen molar-refractivity contribution in [3.05, 3.63) is 96.1 Å². The molecule has 0 radical (unpaired) electrons. The molecule has 0 spiro atoms. The van der Waals surface area contributed by atoms with E-state index in [0.717, 1.165) is 12.8 Å². The molecule has 214 valence electrons. The van der Waals surface area contributed by atoms with E-state index in [1.807, 2.05) is 0 Å². The molecule has 0 aliphatic carbocycles. The van der Waals surface area contributed by atoms with Crippen molar-refractivity contribution in [3.63, 3.8) is 0 Å². The number of ketones is 2. The molecule has 0 amide bonds. The summed E-state index contributed by atoms with van der Waals surface area (Å²) in [4.78, 5) is 31.1. The molecule has 0 saturated heterocycles. The molecule has 0 aliphatic rings. The highest BCUT2D eigenvalue weighted by atomic mass is 32.2. The van der Waals surface area contributed by atoms with Gasteiger partial charge in [-0.2, -0.15) is 0 Å². The van der Waals surface area contributed by atoms with Gasteiger partial charge in [-0.05, 0) is 109 Å². The minimum Gasteiger partial charge on any atom is -0.300 e. The van der Waals surface area contributed by atoms with Gasteiger partial charge in [0.1, 0.15) is 11.6 Å². The summed E-state index contributed by atoms with van der Waals surface area (Å²) in [7, 11) is 0. The highest BCUT2D eigenvalue weighted by Crippen LogP contribution is 2.42. The van der Waals surface area contributed by atoms with E-state index in [1.54, 1.807) is 60.0 Å². The summed E-state index contributed by atoms with van der Waals surface area (Å²) in [5.74, 6) is 0.422. The van der Waals surface area contributed by atoms with Crippen molar-refractivity contribution in [1.29, 1.82) is 0 Å². The molecule has 0 fully saturated rings. The molecule has 5 rings (SSSR count). The monoisotopic (exact) mass is 626 g/mol. The van der Waals surface area contributed by atoms with E-state index in [0.29, 0.717) is 12.8 Å². The smallest absolute Gasteiger partial charge is 0.130 e. The predicted molar refractivity (Wildman–Crippen MR) is 186 cm³/mol. The van der Waals surface area contributed by atoms with Gasteiger partial charge in [0.05, 0.1) is 0 Å². The molecule has 2 heterocycles. The van der Waals surface area contributed by atoms with Crippen molar-refractivity contribution in [2.75, 3.05) is 12.5 Å². The van der Waals surface area contributed by atoms with Crippen LogP contribution in [0.25, 0.3) is 41.8 Å². The second kappa shape index (κ2) is 14.0. The summed E-state index contributed by atoms with van der Waals surface area (Å²) in [5, 5.41) is 0. The minimum atomic E-state index is 0.211. The van der Waals surface area contributed by atoms with E-state index in [9.17, 15) is 9.59 Å². The van der Waals surface area contributed by atoms with E-state index in [-0.39, 0.29) is 11.6 Å². The van der Waals surface area contributed by atoms with Crippen LogP contribution in [0.1, 0.15) is 37.8 Å². The Morgan fingerprint density at radius 1 is 0.548 bits per heavy atom. The number of benzene rings is 3. The zero-order chi connectivity index (χ0) is 29.6. The lowest BCUT2D eigenvalue weighted by Gasteiger charge is -2.07. The van der Waals surface area contributed by atoms with Crippen LogP contribution in [0.5, 0.6) is 0 Å². The zero-order valence-electron chi connectivity index (χ0n) is 24.4. The van der Waals surface area contributed by atoms with Crippen LogP contribution in [-0.4, -0.2) is 24.1 Å². The van der Waals surface area contributed by atoms with Crippen LogP contribution in [0.3, 0.4) is 0 Å². The van der Waals surface area contributed by atoms with Crippen molar-refractivity contribution in [3.8, 4) is 41.8 Å². The first-order valence-corrected chi connectivity index (χ1v) is 18.1. The molecule has 0 bridgehead atoms. The standard InChI is InChI=1S/C36H34O2S4/c1-23(37)5-7-29-21-33(25-13-17-31(39-3)18-14-25)41-35(29)27-9-11-28(12-10-27)36-30(8-6-24(2)38)22-34(42-36)26-15-19-32(40-4)20-16-26/h9-22H,5-8H2,1-4H3. The largest absolute Gasteiger partial charge is 0.300 e. The fourth-order valence-electron chi connectivity index (χ4n) is 4.91. The van der Waals surface area contributed by atoms with E-state index >= 15 is 0 Å². The van der Waals surface area contributed by atoms with Crippen LogP contribution in [0.2, 0.25) is 0 Å². The first-order chi connectivity index (χ1) is 20.3. The third-order valence-corrected chi connectivity index (χ3v) is 11.3. The van der Waals surface area contributed by atoms with Crippen molar-refractivity contribution in [1.82, 2.24) is 0 Å². The predicted octanol–water partition coefficient (Wildman–Crippen LogP) is 11.0. The highest BCUT2D eigenvalue weighted by molar-refractivity contribution is 7.98. The van der Waals surface area contributed by atoms with Crippen LogP contribution in [0.15, 0.2) is 94.7 Å². The van der Waals surface area contributed by atoms with E-state index in [4.69, 9.17) is 0 Å². The lowest BCUT2D eigenvalue weighted by molar-refractivity contribution is -0.117. The molecular formula is C36H34O2S4. The molecule has 2 aromatic heterocycles. The molecule has 0 atom stereocenters. The summed E-state index contributed by atoms with van der Waals surface area (Å²) in [6, 6.07) is 30.8. The van der Waals surface area contributed by atoms with Crippen LogP contribution in [-0.2, 0) is 22.4 Å². The molecule has 42 heavy (non-hydrogen) atoms. The van der Waals surface area contributed by atoms with Crippen LogP contribution >= 0.6 is 46.2 Å². The Morgan fingerprint density at radius 3 is 1.19 bits per heavy atom. The van der Waals surface area contributed by atoms with E-state index < -0.39 is 0 Å². The maximum atomic E-state index is 11.9. The Hall–Kier alpha value is -2.90. The summed E-state index contributed by atoms with van der Waals surface area (Å²) >= 11 is 7.08. The van der Waals surface area contributed by atoms with Gasteiger partial charge in [-0.25, -0.2) is 0 Å². The molecule has 0 saturated carbocycles. The summed E-state index contributed by atoms with van der Waals surface area (Å²) in [5.41, 5.74) is 7.20. The number of hydrogen-bond acceptors (Lipinski definition) is 6. The molecule has 0 unspecified atom stereocenters. The van der Waals surface area contributed by atoms with E-state index in [1.165, 1.54) is 62.7 Å². The number of hydrogen-bond donors (Lipinski definition) is 0. The number of carbonyl (C=O) groups excluding carboxylic acids is 2. The average Bonchev–Trinajstić information content (AvgIpc) is 3.64. The molecule has 2 nitrogen and oxygen atoms in total. The Bertz CT molecular complexity index is 1550. The van der Waals surface area contributed by atoms with Crippen molar-refractivity contribution >= 4 is 57.8 Å². The second-order valence-corrected chi connectivity index (χ2v) is 14.2. The lowest BCUT2D eigenvalue weighted by Crippen LogP contribution is -1.94. The first-order valence-electron chi connectivity index (χ1n) is 14.0. The van der Waals surface area contributed by atoms with Gasteiger partial charge in [-0.3, -0.25) is 0 Å². The SMILES string of the molecule is CSc1ccc(-c2cc(CCC(C)=O)c(-c3ccc(-c4sc(-c5ccc(SC)cc5)cc4CCC(C)=O)cc3)s2)cc1. The summed E-state index contributed by atoms with van der Waals surface area (Å²) in [6.07, 6.45) is 6.75. The zero-order valence-corrected chi connectivity index (χ0v) is 27.6. The number of aryl methyl sites for hydroxylation is 2. The number of thiophene rings is 2. The van der Waals surface area contributed by atoms with Gasteiger partial charge in [0.15, 0.2) is 0 Å². The van der Waals surface area contributed by atoms with Crippen LogP contribution in [0, 0.1) is 0 Å². The Morgan fingerprint density at radius 2 is 0.881 bits per heavy atom. The van der Waals surface area contributed by atoms with Crippen molar-refractivity contribution in [2.24, 2.45) is 0 Å². The van der Waals surface area contributed by atoms with Crippen molar-refractivity contribution in [2.45, 2.75) is 49.3 Å². The van der Waals surface area contributed by atoms with Crippen molar-refractivity contribution < 1.29 is 9.59 Å². The Balaban J connectivity index is 1.49. The number of Topliss-reactive ketones (excluding diaryl/α,β-unsaturated/α-hetero) is 2. The summed E-state index contributed by atoms with van der Waals surface area (Å²) in [6.45, 7) is 3.33. The lowest BCUT2D eigenvalue weighted by atomic mass is 10.00. The third kappa shape index (κ3) is 7.35. The quantitative estimate of drug-likeness (QED) is 0.129. The normalized spacial score (nSPS) is 11.1. The number of carbonyl (C=O) groups is 2. The van der Waals surface area contributed by atoms with Gasteiger partial charge in [0.25, 0.3) is 0 Å². The van der Waals surface area contributed by atoms with Gasteiger partial charge < -0.3 is 9.59 Å². The average molecular weight is 627 g/mol. The van der Waals surface area contributed by atoms with Crippen LogP contribution < -0.4 is 0 Å². The molecule has 3 aromatic carbocycles. The minimum absolute atomic E-state index is 0.211. The molecular weight excluding hydrogens is 593 g/mol. The fraction of sp³-hybridized carbons (Fsp3) is 0.222. The third-order valence-electron chi connectivity index (χ3n) is 7.27. The molecule has 5 aromatic rings. The second-order valence-electron chi connectivity index (χ2n) is 10.4. The van der Waals surface area contributed by atoms with Gasteiger partial charge in [0.2, 0.25) is 0 Å². The van der Waals surface area contributed by atoms with Crippen LogP contribution in [0.4, 0.5) is 0 Å². The maximum absolute atomic E-state index is 11.9. The molecule has 0 aliphatic heterocycles. The fourth-order valence-corrected chi connectivity index (χ4v) is 8.17. The molecule has 0 N–H and O–H groups in total. The Kier molecular flexibility index (Phi) is 10.2. The topological polar surface area (TPSA) is 34.1 Å². The maximum Gasteiger partial charge on any atom is 0.130 e. The summed E-state index contributed by atoms with van der Waals surface area (Å²) < 4.78 is 0. The first kappa shape index (κ1) is 30.6. The number of rotatable bonds is 12. The van der Waals surface area contributed by atoms with Gasteiger partial charge in [-0.15, -0.1) is 46.2 Å². The Labute approximate surface area is 265 Å². The molecule has 6 heteroatoms. The van der Waals surface area contributed by atoms with Gasteiger partial charge >= 0.3 is 0 Å². The van der Waals surface area contributed by atoms with Gasteiger partial charge in [0, 0.05) is 42.1 Å². The van der Waals surface area contributed by atoms with Gasteiger partial charge in [-0.1, -0.05) is 48.5 Å². The van der Waals surface area contributed by atoms with E-state index in [2.05, 4.69) is 97.4 Å². The number of thioether (sulfide) groups is 2. The highest BCUT2D eigenvalue weighted by Gasteiger charge is 2.16.